The van der Waals surface area contributed by atoms with E-state index in [-0.39, 0.29) is 5.91 Å². The van der Waals surface area contributed by atoms with E-state index in [0.29, 0.717) is 25.2 Å². The molecular weight excluding hydrogens is 348 g/mol. The molecule has 3 heterocycles. The van der Waals surface area contributed by atoms with Gasteiger partial charge in [0.15, 0.2) is 0 Å². The van der Waals surface area contributed by atoms with Crippen molar-refractivity contribution >= 4 is 33.2 Å². The van der Waals surface area contributed by atoms with Gasteiger partial charge in [-0.2, -0.15) is 10.1 Å². The molecule has 132 valence electrons. The Balaban J connectivity index is 1.39. The molecule has 0 radical (unpaired) electrons. The fourth-order valence-corrected chi connectivity index (χ4v) is 3.92. The molecule has 3 aromatic heterocycles. The number of carbonyl (C=O) groups excluding carboxylic acids is 1. The molecule has 4 rings (SSSR count). The molecule has 1 aromatic carbocycles. The Morgan fingerprint density at radius 1 is 1.23 bits per heavy atom. The third kappa shape index (κ3) is 3.15. The number of fused-ring (bicyclic) bond motifs is 2. The van der Waals surface area contributed by atoms with E-state index >= 15 is 0 Å². The fraction of sp³-hybridized carbons (Fsp3) is 0.278. The molecule has 0 bridgehead atoms. The summed E-state index contributed by atoms with van der Waals surface area (Å²) in [6, 6.07) is 7.98. The number of hydrogen-bond acceptors (Lipinski definition) is 6. The molecule has 0 atom stereocenters. The van der Waals surface area contributed by atoms with Crippen molar-refractivity contribution in [2.45, 2.75) is 33.2 Å². The standard InChI is InChI=1S/C18H18N6OS/c1-11-13(12(2)24-18(22-11)20-10-21-24)7-8-16(25)19-9-17-23-14-5-3-4-6-15(14)26-17/h3-6,10H,7-9H2,1-2H3,(H,19,25). The van der Waals surface area contributed by atoms with Crippen LogP contribution in [0.4, 0.5) is 0 Å². The first-order valence-corrected chi connectivity index (χ1v) is 9.20. The molecule has 0 aliphatic heterocycles. The highest BCUT2D eigenvalue weighted by atomic mass is 32.1. The number of hydrogen-bond donors (Lipinski definition) is 1. The SMILES string of the molecule is Cc1nc2ncnn2c(C)c1CCC(=O)NCc1nc2ccccc2s1. The smallest absolute Gasteiger partial charge is 0.252 e. The largest absolute Gasteiger partial charge is 0.350 e. The number of carbonyl (C=O) groups is 1. The van der Waals surface area contributed by atoms with Crippen molar-refractivity contribution < 1.29 is 4.79 Å². The average molecular weight is 366 g/mol. The minimum Gasteiger partial charge on any atom is -0.350 e. The number of amides is 1. The molecular formula is C18H18N6OS. The molecule has 26 heavy (non-hydrogen) atoms. The van der Waals surface area contributed by atoms with Crippen LogP contribution in [-0.2, 0) is 17.8 Å². The fourth-order valence-electron chi connectivity index (χ4n) is 3.01. The summed E-state index contributed by atoms with van der Waals surface area (Å²) >= 11 is 1.61. The molecule has 1 amide bonds. The van der Waals surface area contributed by atoms with Gasteiger partial charge in [0.05, 0.1) is 16.8 Å². The summed E-state index contributed by atoms with van der Waals surface area (Å²) in [5.74, 6) is 0.589. The minimum atomic E-state index is 0.00161. The molecule has 0 aliphatic rings. The van der Waals surface area contributed by atoms with Gasteiger partial charge in [0.2, 0.25) is 5.91 Å². The van der Waals surface area contributed by atoms with Crippen LogP contribution in [0.3, 0.4) is 0 Å². The first kappa shape index (κ1) is 16.6. The monoisotopic (exact) mass is 366 g/mol. The first-order valence-electron chi connectivity index (χ1n) is 8.39. The zero-order chi connectivity index (χ0) is 18.1. The van der Waals surface area contributed by atoms with Gasteiger partial charge < -0.3 is 5.32 Å². The van der Waals surface area contributed by atoms with Gasteiger partial charge in [-0.3, -0.25) is 4.79 Å². The van der Waals surface area contributed by atoms with Crippen molar-refractivity contribution in [2.75, 3.05) is 0 Å². The lowest BCUT2D eigenvalue weighted by molar-refractivity contribution is -0.121. The summed E-state index contributed by atoms with van der Waals surface area (Å²) in [7, 11) is 0. The van der Waals surface area contributed by atoms with Crippen LogP contribution in [0.15, 0.2) is 30.6 Å². The third-order valence-electron chi connectivity index (χ3n) is 4.37. The highest BCUT2D eigenvalue weighted by Gasteiger charge is 2.13. The Labute approximate surface area is 154 Å². The quantitative estimate of drug-likeness (QED) is 0.587. The highest BCUT2D eigenvalue weighted by Crippen LogP contribution is 2.21. The molecule has 0 saturated heterocycles. The highest BCUT2D eigenvalue weighted by molar-refractivity contribution is 7.18. The summed E-state index contributed by atoms with van der Waals surface area (Å²) in [6.45, 7) is 4.37. The lowest BCUT2D eigenvalue weighted by Crippen LogP contribution is -2.23. The Morgan fingerprint density at radius 2 is 2.08 bits per heavy atom. The van der Waals surface area contributed by atoms with E-state index in [1.807, 2.05) is 38.1 Å². The van der Waals surface area contributed by atoms with Crippen LogP contribution in [0.25, 0.3) is 16.0 Å². The zero-order valence-corrected chi connectivity index (χ0v) is 15.4. The van der Waals surface area contributed by atoms with E-state index in [1.165, 1.54) is 6.33 Å². The molecule has 8 heteroatoms. The molecule has 0 unspecified atom stereocenters. The van der Waals surface area contributed by atoms with Crippen LogP contribution in [0.5, 0.6) is 0 Å². The van der Waals surface area contributed by atoms with Crippen molar-refractivity contribution in [1.29, 1.82) is 0 Å². The van der Waals surface area contributed by atoms with Gasteiger partial charge in [-0.05, 0) is 38.0 Å². The maximum Gasteiger partial charge on any atom is 0.252 e. The lowest BCUT2D eigenvalue weighted by atomic mass is 10.1. The van der Waals surface area contributed by atoms with Gasteiger partial charge >= 0.3 is 0 Å². The normalized spacial score (nSPS) is 11.3. The predicted molar refractivity (Wildman–Crippen MR) is 100 cm³/mol. The molecule has 0 spiro atoms. The van der Waals surface area contributed by atoms with Crippen molar-refractivity contribution in [3.8, 4) is 0 Å². The molecule has 0 fully saturated rings. The molecule has 1 N–H and O–H groups in total. The van der Waals surface area contributed by atoms with E-state index in [9.17, 15) is 4.79 Å². The molecule has 7 nitrogen and oxygen atoms in total. The number of para-hydroxylation sites is 1. The number of thiazole rings is 1. The number of nitrogens with one attached hydrogen (secondary N) is 1. The molecule has 0 saturated carbocycles. The summed E-state index contributed by atoms with van der Waals surface area (Å²) in [5, 5.41) is 8.05. The van der Waals surface area contributed by atoms with Crippen LogP contribution < -0.4 is 5.32 Å². The van der Waals surface area contributed by atoms with E-state index in [4.69, 9.17) is 0 Å². The topological polar surface area (TPSA) is 85.1 Å². The number of aromatic nitrogens is 5. The summed E-state index contributed by atoms with van der Waals surface area (Å²) in [4.78, 5) is 25.3. The van der Waals surface area contributed by atoms with Gasteiger partial charge in [-0.1, -0.05) is 12.1 Å². The lowest BCUT2D eigenvalue weighted by Gasteiger charge is -2.10. The second kappa shape index (κ2) is 6.80. The van der Waals surface area contributed by atoms with Crippen LogP contribution >= 0.6 is 11.3 Å². The van der Waals surface area contributed by atoms with Crippen molar-refractivity contribution in [1.82, 2.24) is 29.9 Å². The number of aryl methyl sites for hydroxylation is 2. The van der Waals surface area contributed by atoms with Crippen molar-refractivity contribution in [3.63, 3.8) is 0 Å². The van der Waals surface area contributed by atoms with Gasteiger partial charge in [0.25, 0.3) is 5.78 Å². The van der Waals surface area contributed by atoms with Crippen molar-refractivity contribution in [3.05, 3.63) is 52.6 Å². The van der Waals surface area contributed by atoms with Crippen LogP contribution in [0, 0.1) is 13.8 Å². The summed E-state index contributed by atoms with van der Waals surface area (Å²) in [5.41, 5.74) is 3.88. The number of nitrogens with zero attached hydrogens (tertiary/aromatic N) is 5. The minimum absolute atomic E-state index is 0.00161. The van der Waals surface area contributed by atoms with Gasteiger partial charge in [-0.15, -0.1) is 11.3 Å². The van der Waals surface area contributed by atoms with Crippen LogP contribution in [0.2, 0.25) is 0 Å². The Bertz CT molecular complexity index is 1070. The number of rotatable bonds is 5. The van der Waals surface area contributed by atoms with Crippen molar-refractivity contribution in [2.24, 2.45) is 0 Å². The average Bonchev–Trinajstić information content (AvgIpc) is 3.25. The van der Waals surface area contributed by atoms with Crippen LogP contribution in [0.1, 0.15) is 28.4 Å². The Hall–Kier alpha value is -2.87. The van der Waals surface area contributed by atoms with Gasteiger partial charge in [0.1, 0.15) is 11.3 Å². The molecule has 0 aliphatic carbocycles. The first-order chi connectivity index (χ1) is 12.6. The second-order valence-corrected chi connectivity index (χ2v) is 7.20. The number of benzene rings is 1. The maximum atomic E-state index is 12.3. The van der Waals surface area contributed by atoms with Gasteiger partial charge in [0, 0.05) is 17.8 Å². The van der Waals surface area contributed by atoms with Crippen LogP contribution in [-0.4, -0.2) is 30.5 Å². The van der Waals surface area contributed by atoms with Gasteiger partial charge in [-0.25, -0.2) is 14.5 Å². The van der Waals surface area contributed by atoms with E-state index < -0.39 is 0 Å². The van der Waals surface area contributed by atoms with E-state index in [1.54, 1.807) is 15.9 Å². The summed E-state index contributed by atoms with van der Waals surface area (Å²) < 4.78 is 2.84. The molecule has 4 aromatic rings. The third-order valence-corrected chi connectivity index (χ3v) is 5.40. The Morgan fingerprint density at radius 3 is 2.92 bits per heavy atom. The second-order valence-electron chi connectivity index (χ2n) is 6.09. The van der Waals surface area contributed by atoms with E-state index in [0.717, 1.165) is 32.2 Å². The Kier molecular flexibility index (Phi) is 4.34. The maximum absolute atomic E-state index is 12.3. The predicted octanol–water partition coefficient (Wildman–Crippen LogP) is 2.60. The summed E-state index contributed by atoms with van der Waals surface area (Å²) in [6.07, 6.45) is 2.50. The zero-order valence-electron chi connectivity index (χ0n) is 14.6. The van der Waals surface area contributed by atoms with E-state index in [2.05, 4.69) is 25.4 Å².